The van der Waals surface area contributed by atoms with Crippen molar-refractivity contribution in [1.82, 2.24) is 10.0 Å². The highest BCUT2D eigenvalue weighted by Crippen LogP contribution is 2.14. The van der Waals surface area contributed by atoms with Crippen molar-refractivity contribution in [3.63, 3.8) is 0 Å². The zero-order valence-electron chi connectivity index (χ0n) is 13.8. The number of hydrogen-bond donors (Lipinski definition) is 3. The molecule has 0 aliphatic carbocycles. The molecule has 1 saturated heterocycles. The normalized spacial score (nSPS) is 22.5. The maximum atomic E-state index is 12.5. The monoisotopic (exact) mass is 356 g/mol. The molecule has 7 nitrogen and oxygen atoms in total. The largest absolute Gasteiger partial charge is 0.366 e. The summed E-state index contributed by atoms with van der Waals surface area (Å²) in [6, 6.07) is 6.48. The van der Waals surface area contributed by atoms with Gasteiger partial charge in [-0.3, -0.25) is 4.79 Å². The molecule has 1 aromatic rings. The molecule has 1 heterocycles. The molecule has 1 aliphatic rings. The third kappa shape index (κ3) is 5.01. The topological polar surface area (TPSA) is 105 Å². The Morgan fingerprint density at radius 2 is 2.00 bits per heavy atom. The van der Waals surface area contributed by atoms with Crippen LogP contribution in [-0.4, -0.2) is 44.4 Å². The van der Waals surface area contributed by atoms with Gasteiger partial charge < -0.3 is 15.2 Å². The van der Waals surface area contributed by atoms with Gasteiger partial charge in [-0.25, -0.2) is 8.42 Å². The zero-order valence-corrected chi connectivity index (χ0v) is 14.6. The number of carbonyl (C=O) groups is 1. The number of nitrogens with one attached hydrogen (secondary N) is 2. The Morgan fingerprint density at radius 3 is 2.54 bits per heavy atom. The van der Waals surface area contributed by atoms with Crippen molar-refractivity contribution in [2.24, 2.45) is 5.92 Å². The van der Waals surface area contributed by atoms with Crippen molar-refractivity contribution in [1.29, 1.82) is 0 Å². The average molecular weight is 356 g/mol. The third-order valence-corrected chi connectivity index (χ3v) is 5.25. The number of ether oxygens (including phenoxy) is 1. The fraction of sp³-hybridized carbons (Fsp3) is 0.562. The fourth-order valence-corrected chi connectivity index (χ4v) is 3.77. The lowest BCUT2D eigenvalue weighted by Gasteiger charge is -2.23. The first-order chi connectivity index (χ1) is 11.3. The van der Waals surface area contributed by atoms with E-state index in [0.29, 0.717) is 19.4 Å². The highest BCUT2D eigenvalue weighted by molar-refractivity contribution is 7.89. The van der Waals surface area contributed by atoms with E-state index in [9.17, 15) is 18.3 Å². The van der Waals surface area contributed by atoms with Crippen LogP contribution in [0.15, 0.2) is 35.2 Å². The molecule has 0 saturated carbocycles. The van der Waals surface area contributed by atoms with Gasteiger partial charge >= 0.3 is 0 Å². The summed E-state index contributed by atoms with van der Waals surface area (Å²) in [5.74, 6) is -0.346. The van der Waals surface area contributed by atoms with Gasteiger partial charge in [0.15, 0.2) is 6.29 Å². The minimum atomic E-state index is -3.80. The number of sulfonamides is 1. The maximum absolute atomic E-state index is 12.5. The summed E-state index contributed by atoms with van der Waals surface area (Å²) < 4.78 is 32.4. The number of amides is 1. The van der Waals surface area contributed by atoms with Crippen molar-refractivity contribution in [3.05, 3.63) is 30.3 Å². The Balaban J connectivity index is 2.11. The van der Waals surface area contributed by atoms with Gasteiger partial charge in [0.1, 0.15) is 6.04 Å². The molecule has 1 aliphatic heterocycles. The van der Waals surface area contributed by atoms with Gasteiger partial charge in [-0.2, -0.15) is 4.72 Å². The van der Waals surface area contributed by atoms with E-state index < -0.39 is 34.3 Å². The third-order valence-electron chi connectivity index (χ3n) is 3.76. The van der Waals surface area contributed by atoms with Gasteiger partial charge in [-0.15, -0.1) is 0 Å². The molecule has 1 aromatic carbocycles. The molecule has 2 rings (SSSR count). The van der Waals surface area contributed by atoms with E-state index in [0.717, 1.165) is 0 Å². The second-order valence-electron chi connectivity index (χ2n) is 6.28. The molecule has 0 spiro atoms. The van der Waals surface area contributed by atoms with Crippen LogP contribution in [0.2, 0.25) is 0 Å². The van der Waals surface area contributed by atoms with Crippen LogP contribution >= 0.6 is 0 Å². The molecule has 24 heavy (non-hydrogen) atoms. The second kappa shape index (κ2) is 8.06. The standard InChI is InChI=1S/C16H24N2O5S/c1-11(2)10-14(15(19)17-13-8-9-23-16(13)20)18-24(21,22)12-6-4-3-5-7-12/h3-7,11,13-14,16,18,20H,8-10H2,1-2H3,(H,17,19)/t13-,14+,16?/m1/s1. The SMILES string of the molecule is CC(C)C[C@H](NS(=O)(=O)c1ccccc1)C(=O)N[C@@H]1CCOC1O. The minimum absolute atomic E-state index is 0.107. The van der Waals surface area contributed by atoms with Crippen molar-refractivity contribution < 1.29 is 23.1 Å². The summed E-state index contributed by atoms with van der Waals surface area (Å²) in [6.45, 7) is 4.17. The summed E-state index contributed by atoms with van der Waals surface area (Å²) in [4.78, 5) is 12.6. The molecule has 0 aromatic heterocycles. The van der Waals surface area contributed by atoms with Crippen LogP contribution in [-0.2, 0) is 19.6 Å². The number of hydrogen-bond acceptors (Lipinski definition) is 5. The van der Waals surface area contributed by atoms with Crippen LogP contribution < -0.4 is 10.0 Å². The predicted molar refractivity (Wildman–Crippen MR) is 88.5 cm³/mol. The predicted octanol–water partition coefficient (Wildman–Crippen LogP) is 0.603. The van der Waals surface area contributed by atoms with Crippen molar-refractivity contribution in [3.8, 4) is 0 Å². The molecule has 3 atom stereocenters. The number of rotatable bonds is 7. The molecule has 134 valence electrons. The summed E-state index contributed by atoms with van der Waals surface area (Å²) in [6.07, 6.45) is -0.215. The molecule has 0 radical (unpaired) electrons. The lowest BCUT2D eigenvalue weighted by Crippen LogP contribution is -2.51. The van der Waals surface area contributed by atoms with E-state index in [2.05, 4.69) is 10.0 Å². The lowest BCUT2D eigenvalue weighted by molar-refractivity contribution is -0.127. The van der Waals surface area contributed by atoms with E-state index in [-0.39, 0.29) is 10.8 Å². The van der Waals surface area contributed by atoms with E-state index >= 15 is 0 Å². The number of carbonyl (C=O) groups excluding carboxylic acids is 1. The fourth-order valence-electron chi connectivity index (χ4n) is 2.54. The molecule has 1 unspecified atom stereocenters. The van der Waals surface area contributed by atoms with Gasteiger partial charge in [-0.1, -0.05) is 32.0 Å². The van der Waals surface area contributed by atoms with Crippen LogP contribution in [0.5, 0.6) is 0 Å². The van der Waals surface area contributed by atoms with E-state index in [4.69, 9.17) is 4.74 Å². The average Bonchev–Trinajstić information content (AvgIpc) is 2.92. The Kier molecular flexibility index (Phi) is 6.34. The number of aliphatic hydroxyl groups is 1. The summed E-state index contributed by atoms with van der Waals surface area (Å²) in [7, 11) is -3.80. The lowest BCUT2D eigenvalue weighted by atomic mass is 10.0. The summed E-state index contributed by atoms with van der Waals surface area (Å²) in [5.41, 5.74) is 0. The van der Waals surface area contributed by atoms with Gasteiger partial charge in [0.25, 0.3) is 0 Å². The first kappa shape index (κ1) is 18.9. The van der Waals surface area contributed by atoms with Gasteiger partial charge in [0.05, 0.1) is 17.5 Å². The van der Waals surface area contributed by atoms with Gasteiger partial charge in [-0.05, 0) is 30.9 Å². The van der Waals surface area contributed by atoms with Gasteiger partial charge in [0, 0.05) is 0 Å². The summed E-state index contributed by atoms with van der Waals surface area (Å²) >= 11 is 0. The first-order valence-electron chi connectivity index (χ1n) is 7.97. The van der Waals surface area contributed by atoms with Crippen LogP contribution in [0, 0.1) is 5.92 Å². The molecule has 1 amide bonds. The van der Waals surface area contributed by atoms with E-state index in [1.807, 2.05) is 13.8 Å². The van der Waals surface area contributed by atoms with Crippen LogP contribution in [0.1, 0.15) is 26.7 Å². The van der Waals surface area contributed by atoms with Crippen molar-refractivity contribution in [2.75, 3.05) is 6.61 Å². The van der Waals surface area contributed by atoms with Crippen LogP contribution in [0.4, 0.5) is 0 Å². The van der Waals surface area contributed by atoms with Crippen LogP contribution in [0.25, 0.3) is 0 Å². The minimum Gasteiger partial charge on any atom is -0.366 e. The molecule has 1 fully saturated rings. The number of aliphatic hydroxyl groups excluding tert-OH is 1. The highest BCUT2D eigenvalue weighted by atomic mass is 32.2. The van der Waals surface area contributed by atoms with Crippen molar-refractivity contribution >= 4 is 15.9 Å². The Hall–Kier alpha value is -1.48. The van der Waals surface area contributed by atoms with Gasteiger partial charge in [0.2, 0.25) is 15.9 Å². The quantitative estimate of drug-likeness (QED) is 0.664. The number of benzene rings is 1. The van der Waals surface area contributed by atoms with Crippen molar-refractivity contribution in [2.45, 2.75) is 50.0 Å². The Labute approximate surface area is 142 Å². The van der Waals surface area contributed by atoms with Crippen LogP contribution in [0.3, 0.4) is 0 Å². The molecular weight excluding hydrogens is 332 g/mol. The Bertz CT molecular complexity index is 648. The zero-order chi connectivity index (χ0) is 17.7. The van der Waals surface area contributed by atoms with E-state index in [1.165, 1.54) is 12.1 Å². The molecule has 0 bridgehead atoms. The highest BCUT2D eigenvalue weighted by Gasteiger charge is 2.32. The summed E-state index contributed by atoms with van der Waals surface area (Å²) in [5, 5.41) is 12.3. The molecule has 3 N–H and O–H groups in total. The second-order valence-corrected chi connectivity index (χ2v) is 8.00. The smallest absolute Gasteiger partial charge is 0.241 e. The molecular formula is C16H24N2O5S. The Morgan fingerprint density at radius 1 is 1.33 bits per heavy atom. The van der Waals surface area contributed by atoms with E-state index in [1.54, 1.807) is 18.2 Å². The molecule has 8 heteroatoms. The first-order valence-corrected chi connectivity index (χ1v) is 9.45. The maximum Gasteiger partial charge on any atom is 0.241 e.